The second-order valence-corrected chi connectivity index (χ2v) is 6.21. The largest absolute Gasteiger partial charge is 0.360 e. The van der Waals surface area contributed by atoms with E-state index >= 15 is 0 Å². The molecule has 1 amide bonds. The Hall–Kier alpha value is -2.31. The molecule has 0 radical (unpaired) electrons. The summed E-state index contributed by atoms with van der Waals surface area (Å²) < 4.78 is 1.94. The molecule has 3 heterocycles. The predicted octanol–water partition coefficient (Wildman–Crippen LogP) is 2.72. The standard InChI is InChI=1S/C16H16ClN5O/c1-21-5-6-22-10(9-21)7-14(20-22)19-16(23)11-8-18-13-4-2-3-12(17)15(11)13/h2-4,7-8,18H,5-6,9H2,1H3,(H,19,20,23). The SMILES string of the molecule is CN1CCn2nc(NC(=O)c3c[nH]c4cccc(Cl)c34)cc2C1. The molecule has 1 aliphatic rings. The first-order valence-corrected chi connectivity index (χ1v) is 7.82. The lowest BCUT2D eigenvalue weighted by molar-refractivity contribution is 0.102. The van der Waals surface area contributed by atoms with Crippen LogP contribution >= 0.6 is 11.6 Å². The highest BCUT2D eigenvalue weighted by atomic mass is 35.5. The van der Waals surface area contributed by atoms with Gasteiger partial charge >= 0.3 is 0 Å². The minimum atomic E-state index is -0.215. The molecule has 0 unspecified atom stereocenters. The fraction of sp³-hybridized carbons (Fsp3) is 0.250. The van der Waals surface area contributed by atoms with Gasteiger partial charge in [0.1, 0.15) is 0 Å². The van der Waals surface area contributed by atoms with Crippen LogP contribution in [-0.4, -0.2) is 39.2 Å². The summed E-state index contributed by atoms with van der Waals surface area (Å²) in [5.41, 5.74) is 2.47. The number of hydrogen-bond acceptors (Lipinski definition) is 3. The van der Waals surface area contributed by atoms with Gasteiger partial charge in [-0.15, -0.1) is 0 Å². The van der Waals surface area contributed by atoms with E-state index in [4.69, 9.17) is 11.6 Å². The summed E-state index contributed by atoms with van der Waals surface area (Å²) in [6.45, 7) is 2.63. The molecule has 0 saturated heterocycles. The number of aromatic nitrogens is 3. The Kier molecular flexibility index (Phi) is 3.36. The lowest BCUT2D eigenvalue weighted by atomic mass is 10.1. The van der Waals surface area contributed by atoms with Gasteiger partial charge in [0, 0.05) is 36.3 Å². The number of amides is 1. The van der Waals surface area contributed by atoms with Gasteiger partial charge in [-0.05, 0) is 19.2 Å². The first-order valence-electron chi connectivity index (χ1n) is 7.44. The number of H-pyrrole nitrogens is 1. The zero-order chi connectivity index (χ0) is 16.0. The Bertz CT molecular complexity index is 897. The molecule has 3 aromatic rings. The van der Waals surface area contributed by atoms with E-state index in [1.165, 1.54) is 0 Å². The molecule has 0 fully saturated rings. The Morgan fingerprint density at radius 1 is 1.39 bits per heavy atom. The second kappa shape index (κ2) is 5.40. The van der Waals surface area contributed by atoms with Crippen molar-refractivity contribution >= 4 is 34.2 Å². The lowest BCUT2D eigenvalue weighted by Gasteiger charge is -2.22. The van der Waals surface area contributed by atoms with Gasteiger partial charge in [0.25, 0.3) is 5.91 Å². The zero-order valence-electron chi connectivity index (χ0n) is 12.6. The summed E-state index contributed by atoms with van der Waals surface area (Å²) in [5, 5.41) is 8.61. The quantitative estimate of drug-likeness (QED) is 0.759. The monoisotopic (exact) mass is 329 g/mol. The number of hydrogen-bond donors (Lipinski definition) is 2. The minimum absolute atomic E-state index is 0.215. The third-order valence-electron chi connectivity index (χ3n) is 4.13. The van der Waals surface area contributed by atoms with Crippen molar-refractivity contribution < 1.29 is 4.79 Å². The third-order valence-corrected chi connectivity index (χ3v) is 4.44. The van der Waals surface area contributed by atoms with E-state index in [2.05, 4.69) is 27.3 Å². The smallest absolute Gasteiger partial charge is 0.259 e. The van der Waals surface area contributed by atoms with Gasteiger partial charge in [0.05, 0.1) is 22.8 Å². The summed E-state index contributed by atoms with van der Waals surface area (Å²) in [5.74, 6) is 0.356. The summed E-state index contributed by atoms with van der Waals surface area (Å²) >= 11 is 6.22. The van der Waals surface area contributed by atoms with Crippen molar-refractivity contribution in [2.45, 2.75) is 13.1 Å². The second-order valence-electron chi connectivity index (χ2n) is 5.80. The Morgan fingerprint density at radius 3 is 3.13 bits per heavy atom. The molecule has 2 N–H and O–H groups in total. The van der Waals surface area contributed by atoms with E-state index in [1.54, 1.807) is 12.3 Å². The molecule has 0 spiro atoms. The van der Waals surface area contributed by atoms with Crippen LogP contribution in [0.2, 0.25) is 5.02 Å². The molecule has 0 aliphatic carbocycles. The van der Waals surface area contributed by atoms with E-state index in [0.29, 0.717) is 16.4 Å². The number of likely N-dealkylation sites (N-methyl/N-ethyl adjacent to an activating group) is 1. The number of rotatable bonds is 2. The van der Waals surface area contributed by atoms with Gasteiger partial charge in [-0.1, -0.05) is 17.7 Å². The number of aromatic amines is 1. The van der Waals surface area contributed by atoms with Crippen LogP contribution in [0.25, 0.3) is 10.9 Å². The van der Waals surface area contributed by atoms with Crippen molar-refractivity contribution in [3.63, 3.8) is 0 Å². The Labute approximate surface area is 138 Å². The fourth-order valence-electron chi connectivity index (χ4n) is 2.96. The molecule has 0 atom stereocenters. The molecular formula is C16H16ClN5O. The van der Waals surface area contributed by atoms with Gasteiger partial charge in [0.15, 0.2) is 5.82 Å². The highest BCUT2D eigenvalue weighted by molar-refractivity contribution is 6.37. The molecular weight excluding hydrogens is 314 g/mol. The van der Waals surface area contributed by atoms with Crippen molar-refractivity contribution in [3.05, 3.63) is 46.7 Å². The van der Waals surface area contributed by atoms with E-state index in [-0.39, 0.29) is 5.91 Å². The highest BCUT2D eigenvalue weighted by Gasteiger charge is 2.19. The van der Waals surface area contributed by atoms with Gasteiger partial charge in [-0.2, -0.15) is 5.10 Å². The van der Waals surface area contributed by atoms with Crippen LogP contribution < -0.4 is 5.32 Å². The number of carbonyl (C=O) groups is 1. The number of nitrogens with one attached hydrogen (secondary N) is 2. The number of nitrogens with zero attached hydrogens (tertiary/aromatic N) is 3. The van der Waals surface area contributed by atoms with Crippen molar-refractivity contribution in [1.29, 1.82) is 0 Å². The molecule has 0 bridgehead atoms. The van der Waals surface area contributed by atoms with Crippen LogP contribution in [0.5, 0.6) is 0 Å². The number of carbonyl (C=O) groups excluding carboxylic acids is 1. The maximum atomic E-state index is 12.6. The van der Waals surface area contributed by atoms with Crippen LogP contribution in [0.1, 0.15) is 16.1 Å². The molecule has 23 heavy (non-hydrogen) atoms. The molecule has 6 nitrogen and oxygen atoms in total. The van der Waals surface area contributed by atoms with Crippen LogP contribution in [0.3, 0.4) is 0 Å². The molecule has 7 heteroatoms. The summed E-state index contributed by atoms with van der Waals surface area (Å²) in [6, 6.07) is 7.44. The molecule has 1 aromatic carbocycles. The van der Waals surface area contributed by atoms with Gasteiger partial charge in [-0.25, -0.2) is 0 Å². The molecule has 1 aliphatic heterocycles. The molecule has 0 saturated carbocycles. The summed E-state index contributed by atoms with van der Waals surface area (Å²) in [7, 11) is 2.07. The van der Waals surface area contributed by atoms with E-state index in [9.17, 15) is 4.79 Å². The topological polar surface area (TPSA) is 66.0 Å². The summed E-state index contributed by atoms with van der Waals surface area (Å²) in [4.78, 5) is 17.9. The highest BCUT2D eigenvalue weighted by Crippen LogP contribution is 2.27. The third kappa shape index (κ3) is 2.50. The Balaban J connectivity index is 1.63. The number of anilines is 1. The maximum absolute atomic E-state index is 12.6. The van der Waals surface area contributed by atoms with Crippen LogP contribution in [0.15, 0.2) is 30.5 Å². The molecule has 4 rings (SSSR count). The van der Waals surface area contributed by atoms with Gasteiger partial charge in [-0.3, -0.25) is 14.4 Å². The van der Waals surface area contributed by atoms with Gasteiger partial charge in [0.2, 0.25) is 0 Å². The van der Waals surface area contributed by atoms with Crippen molar-refractivity contribution in [2.24, 2.45) is 0 Å². The first kappa shape index (κ1) is 14.3. The van der Waals surface area contributed by atoms with Crippen LogP contribution in [0, 0.1) is 0 Å². The number of benzene rings is 1. The van der Waals surface area contributed by atoms with Crippen molar-refractivity contribution in [3.8, 4) is 0 Å². The van der Waals surface area contributed by atoms with Crippen LogP contribution in [0.4, 0.5) is 5.82 Å². The normalized spacial score (nSPS) is 14.9. The van der Waals surface area contributed by atoms with E-state index in [0.717, 1.165) is 36.2 Å². The van der Waals surface area contributed by atoms with E-state index < -0.39 is 0 Å². The first-order chi connectivity index (χ1) is 11.1. The van der Waals surface area contributed by atoms with Crippen molar-refractivity contribution in [2.75, 3.05) is 18.9 Å². The van der Waals surface area contributed by atoms with Crippen molar-refractivity contribution in [1.82, 2.24) is 19.7 Å². The number of halogens is 1. The zero-order valence-corrected chi connectivity index (χ0v) is 13.4. The van der Waals surface area contributed by atoms with E-state index in [1.807, 2.05) is 22.9 Å². The maximum Gasteiger partial charge on any atom is 0.259 e. The van der Waals surface area contributed by atoms with Gasteiger partial charge < -0.3 is 10.3 Å². The average molecular weight is 330 g/mol. The molecule has 118 valence electrons. The fourth-order valence-corrected chi connectivity index (χ4v) is 3.24. The predicted molar refractivity (Wildman–Crippen MR) is 89.8 cm³/mol. The number of fused-ring (bicyclic) bond motifs is 2. The minimum Gasteiger partial charge on any atom is -0.360 e. The lowest BCUT2D eigenvalue weighted by Crippen LogP contribution is -2.30. The summed E-state index contributed by atoms with van der Waals surface area (Å²) in [6.07, 6.45) is 1.68. The molecule has 2 aromatic heterocycles. The average Bonchev–Trinajstić information content (AvgIpc) is 3.11. The Morgan fingerprint density at radius 2 is 2.26 bits per heavy atom. The van der Waals surface area contributed by atoms with Crippen LogP contribution in [-0.2, 0) is 13.1 Å².